The van der Waals surface area contributed by atoms with Crippen molar-refractivity contribution >= 4 is 23.5 Å². The van der Waals surface area contributed by atoms with Crippen LogP contribution in [0, 0.1) is 5.82 Å². The molecule has 2 rings (SSSR count). The van der Waals surface area contributed by atoms with Crippen molar-refractivity contribution < 1.29 is 9.13 Å². The van der Waals surface area contributed by atoms with E-state index < -0.39 is 5.82 Å². The number of anilines is 2. The number of hydrogen-bond acceptors (Lipinski definition) is 6. The Morgan fingerprint density at radius 3 is 2.65 bits per heavy atom. The van der Waals surface area contributed by atoms with Gasteiger partial charge in [-0.15, -0.1) is 0 Å². The predicted octanol–water partition coefficient (Wildman–Crippen LogP) is 2.33. The fourth-order valence-electron chi connectivity index (χ4n) is 1.47. The molecule has 0 bridgehead atoms. The first-order valence-electron chi connectivity index (χ1n) is 5.78. The van der Waals surface area contributed by atoms with E-state index in [1.165, 1.54) is 13.2 Å². The van der Waals surface area contributed by atoms with Crippen LogP contribution in [0.5, 0.6) is 6.01 Å². The summed E-state index contributed by atoms with van der Waals surface area (Å²) >= 11 is 5.72. The summed E-state index contributed by atoms with van der Waals surface area (Å²) in [4.78, 5) is 12.2. The first-order valence-corrected chi connectivity index (χ1v) is 6.16. The van der Waals surface area contributed by atoms with Crippen LogP contribution in [0.1, 0.15) is 5.56 Å². The summed E-state index contributed by atoms with van der Waals surface area (Å²) in [6, 6.07) is 4.68. The normalized spacial score (nSPS) is 10.2. The Kier molecular flexibility index (Phi) is 4.52. The molecule has 0 spiro atoms. The molecule has 0 fully saturated rings. The van der Waals surface area contributed by atoms with Gasteiger partial charge in [0.1, 0.15) is 5.82 Å². The van der Waals surface area contributed by atoms with Gasteiger partial charge in [0.2, 0.25) is 11.9 Å². The Hall–Kier alpha value is -2.15. The summed E-state index contributed by atoms with van der Waals surface area (Å²) in [5.74, 6) is 0.285. The lowest BCUT2D eigenvalue weighted by Crippen LogP contribution is -2.08. The molecule has 6 nitrogen and oxygen atoms in total. The molecule has 0 saturated heterocycles. The number of hydrogen-bond donors (Lipinski definition) is 2. The highest BCUT2D eigenvalue weighted by atomic mass is 35.5. The van der Waals surface area contributed by atoms with Gasteiger partial charge in [0.25, 0.3) is 0 Å². The van der Waals surface area contributed by atoms with E-state index in [0.717, 1.165) is 5.56 Å². The van der Waals surface area contributed by atoms with Gasteiger partial charge in [-0.05, 0) is 17.7 Å². The summed E-state index contributed by atoms with van der Waals surface area (Å²) < 4.78 is 18.0. The average molecular weight is 298 g/mol. The van der Waals surface area contributed by atoms with Crippen molar-refractivity contribution in [3.63, 3.8) is 0 Å². The maximum absolute atomic E-state index is 13.0. The number of halogens is 2. The molecule has 20 heavy (non-hydrogen) atoms. The lowest BCUT2D eigenvalue weighted by Gasteiger charge is -2.08. The first kappa shape index (κ1) is 14.3. The van der Waals surface area contributed by atoms with Gasteiger partial charge < -0.3 is 15.4 Å². The molecule has 8 heteroatoms. The highest BCUT2D eigenvalue weighted by Gasteiger charge is 2.06. The van der Waals surface area contributed by atoms with Gasteiger partial charge in [-0.1, -0.05) is 17.7 Å². The van der Waals surface area contributed by atoms with E-state index in [1.807, 2.05) is 0 Å². The van der Waals surface area contributed by atoms with Crippen LogP contribution in [-0.2, 0) is 6.54 Å². The standard InChI is InChI=1S/C12H13ClFN5O/c1-15-10-17-11(19-12(18-10)20-2)16-6-7-3-4-9(14)8(13)5-7/h3-5H,6H2,1-2H3,(H2,15,16,17,18,19). The summed E-state index contributed by atoms with van der Waals surface area (Å²) in [5, 5.41) is 5.87. The molecule has 0 radical (unpaired) electrons. The molecule has 0 saturated carbocycles. The Balaban J connectivity index is 2.11. The zero-order valence-corrected chi connectivity index (χ0v) is 11.7. The van der Waals surface area contributed by atoms with Gasteiger partial charge in [0.05, 0.1) is 12.1 Å². The Bertz CT molecular complexity index is 588. The molecule has 2 N–H and O–H groups in total. The zero-order chi connectivity index (χ0) is 14.5. The molecule has 0 unspecified atom stereocenters. The average Bonchev–Trinajstić information content (AvgIpc) is 2.48. The van der Waals surface area contributed by atoms with Crippen LogP contribution in [0.4, 0.5) is 16.3 Å². The largest absolute Gasteiger partial charge is 0.467 e. The van der Waals surface area contributed by atoms with Gasteiger partial charge in [-0.25, -0.2) is 4.39 Å². The number of aromatic nitrogens is 3. The van der Waals surface area contributed by atoms with E-state index in [2.05, 4.69) is 25.6 Å². The number of rotatable bonds is 5. The highest BCUT2D eigenvalue weighted by Crippen LogP contribution is 2.17. The molecule has 1 heterocycles. The molecule has 0 atom stereocenters. The van der Waals surface area contributed by atoms with Crippen molar-refractivity contribution in [3.8, 4) is 6.01 Å². The Morgan fingerprint density at radius 2 is 2.00 bits per heavy atom. The zero-order valence-electron chi connectivity index (χ0n) is 10.9. The fraction of sp³-hybridized carbons (Fsp3) is 0.250. The third kappa shape index (κ3) is 3.45. The minimum Gasteiger partial charge on any atom is -0.467 e. The second-order valence-corrected chi connectivity index (χ2v) is 4.23. The van der Waals surface area contributed by atoms with Gasteiger partial charge in [0.15, 0.2) is 0 Å². The van der Waals surface area contributed by atoms with Gasteiger partial charge >= 0.3 is 6.01 Å². The number of ether oxygens (including phenoxy) is 1. The van der Waals surface area contributed by atoms with Crippen LogP contribution in [0.2, 0.25) is 5.02 Å². The topological polar surface area (TPSA) is 72.0 Å². The van der Waals surface area contributed by atoms with Gasteiger partial charge in [-0.2, -0.15) is 15.0 Å². The van der Waals surface area contributed by atoms with Crippen LogP contribution in [-0.4, -0.2) is 29.1 Å². The molecule has 106 valence electrons. The molecule has 0 aliphatic rings. The third-order valence-electron chi connectivity index (χ3n) is 2.46. The minimum absolute atomic E-state index is 0.0773. The van der Waals surface area contributed by atoms with Crippen molar-refractivity contribution in [2.75, 3.05) is 24.8 Å². The van der Waals surface area contributed by atoms with Crippen molar-refractivity contribution in [3.05, 3.63) is 34.6 Å². The highest BCUT2D eigenvalue weighted by molar-refractivity contribution is 6.30. The molecular formula is C12H13ClFN5O. The summed E-state index contributed by atoms with van der Waals surface area (Å²) in [6.07, 6.45) is 0. The van der Waals surface area contributed by atoms with E-state index in [0.29, 0.717) is 18.4 Å². The van der Waals surface area contributed by atoms with Crippen LogP contribution in [0.15, 0.2) is 18.2 Å². The van der Waals surface area contributed by atoms with Gasteiger partial charge in [0, 0.05) is 13.6 Å². The van der Waals surface area contributed by atoms with E-state index in [-0.39, 0.29) is 11.0 Å². The molecule has 2 aromatic rings. The molecule has 1 aromatic heterocycles. The lowest BCUT2D eigenvalue weighted by atomic mass is 10.2. The summed E-state index contributed by atoms with van der Waals surface area (Å²) in [5.41, 5.74) is 0.807. The first-order chi connectivity index (χ1) is 9.62. The number of benzene rings is 1. The predicted molar refractivity (Wildman–Crippen MR) is 74.7 cm³/mol. The maximum atomic E-state index is 13.0. The van der Waals surface area contributed by atoms with E-state index in [9.17, 15) is 4.39 Å². The number of nitrogens with one attached hydrogen (secondary N) is 2. The second kappa shape index (κ2) is 6.33. The van der Waals surface area contributed by atoms with E-state index in [1.54, 1.807) is 19.2 Å². The van der Waals surface area contributed by atoms with Crippen molar-refractivity contribution in [1.82, 2.24) is 15.0 Å². The lowest BCUT2D eigenvalue weighted by molar-refractivity contribution is 0.379. The second-order valence-electron chi connectivity index (χ2n) is 3.82. The summed E-state index contributed by atoms with van der Waals surface area (Å²) in [6.45, 7) is 0.399. The molecule has 0 aliphatic heterocycles. The van der Waals surface area contributed by atoms with Crippen molar-refractivity contribution in [1.29, 1.82) is 0 Å². The van der Waals surface area contributed by atoms with E-state index >= 15 is 0 Å². The SMILES string of the molecule is CNc1nc(NCc2ccc(F)c(Cl)c2)nc(OC)n1. The third-order valence-corrected chi connectivity index (χ3v) is 2.75. The molecule has 1 aromatic carbocycles. The van der Waals surface area contributed by atoms with Gasteiger partial charge in [-0.3, -0.25) is 0 Å². The fourth-order valence-corrected chi connectivity index (χ4v) is 1.67. The van der Waals surface area contributed by atoms with Crippen LogP contribution in [0.3, 0.4) is 0 Å². The van der Waals surface area contributed by atoms with Crippen LogP contribution >= 0.6 is 11.6 Å². The molecular weight excluding hydrogens is 285 g/mol. The number of nitrogens with zero attached hydrogens (tertiary/aromatic N) is 3. The number of methoxy groups -OCH3 is 1. The maximum Gasteiger partial charge on any atom is 0.322 e. The smallest absolute Gasteiger partial charge is 0.322 e. The quantitative estimate of drug-likeness (QED) is 0.882. The summed E-state index contributed by atoms with van der Waals surface area (Å²) in [7, 11) is 3.16. The van der Waals surface area contributed by atoms with Crippen molar-refractivity contribution in [2.24, 2.45) is 0 Å². The van der Waals surface area contributed by atoms with Crippen molar-refractivity contribution in [2.45, 2.75) is 6.54 Å². The Labute approximate surface area is 120 Å². The van der Waals surface area contributed by atoms with E-state index in [4.69, 9.17) is 16.3 Å². The van der Waals surface area contributed by atoms with Crippen LogP contribution in [0.25, 0.3) is 0 Å². The monoisotopic (exact) mass is 297 g/mol. The minimum atomic E-state index is -0.449. The molecule has 0 aliphatic carbocycles. The van der Waals surface area contributed by atoms with Crippen LogP contribution < -0.4 is 15.4 Å². The Morgan fingerprint density at radius 1 is 1.25 bits per heavy atom. The molecule has 0 amide bonds.